The van der Waals surface area contributed by atoms with Crippen molar-refractivity contribution in [1.82, 2.24) is 4.98 Å². The number of para-hydroxylation sites is 1. The number of carbonyl (C=O) groups is 1. The number of hydrogen-bond donors (Lipinski definition) is 0. The summed E-state index contributed by atoms with van der Waals surface area (Å²) in [6.07, 6.45) is 0. The van der Waals surface area contributed by atoms with Gasteiger partial charge in [-0.3, -0.25) is 14.5 Å². The molecule has 1 aliphatic heterocycles. The van der Waals surface area contributed by atoms with Crippen LogP contribution in [0, 0.1) is 0 Å². The van der Waals surface area contributed by atoms with E-state index < -0.39 is 11.9 Å². The van der Waals surface area contributed by atoms with E-state index in [9.17, 15) is 9.59 Å². The van der Waals surface area contributed by atoms with Crippen molar-refractivity contribution in [3.8, 4) is 5.75 Å². The Morgan fingerprint density at radius 3 is 2.68 bits per heavy atom. The maximum Gasteiger partial charge on any atom is 0.297 e. The third kappa shape index (κ3) is 3.20. The molecule has 6 rings (SSSR count). The Hall–Kier alpha value is -3.68. The molecule has 0 bridgehead atoms. The number of hydrogen-bond acceptors (Lipinski definition) is 6. The molecule has 1 aliphatic rings. The van der Waals surface area contributed by atoms with Crippen LogP contribution in [0.4, 0.5) is 5.13 Å². The molecule has 0 radical (unpaired) electrons. The summed E-state index contributed by atoms with van der Waals surface area (Å²) in [4.78, 5) is 33.5. The number of fused-ring (bicyclic) bond motifs is 3. The first-order chi connectivity index (χ1) is 16.5. The molecule has 2 aromatic heterocycles. The first kappa shape index (κ1) is 20.9. The molecule has 0 saturated carbocycles. The highest BCUT2D eigenvalue weighted by Crippen LogP contribution is 2.44. The molecule has 0 aliphatic carbocycles. The lowest BCUT2D eigenvalue weighted by Gasteiger charge is -2.22. The highest BCUT2D eigenvalue weighted by molar-refractivity contribution is 7.22. The van der Waals surface area contributed by atoms with Crippen LogP contribution in [0.5, 0.6) is 5.75 Å². The summed E-state index contributed by atoms with van der Waals surface area (Å²) in [6, 6.07) is 19.0. The summed E-state index contributed by atoms with van der Waals surface area (Å²) in [7, 11) is 0. The van der Waals surface area contributed by atoms with E-state index in [0.29, 0.717) is 33.3 Å². The lowest BCUT2D eigenvalue weighted by molar-refractivity contribution is 0.0971. The summed E-state index contributed by atoms with van der Waals surface area (Å²) >= 11 is 7.49. The maximum atomic E-state index is 13.7. The fourth-order valence-electron chi connectivity index (χ4n) is 4.33. The summed E-state index contributed by atoms with van der Waals surface area (Å²) in [5, 5.41) is 1.47. The number of ether oxygens (including phenoxy) is 1. The van der Waals surface area contributed by atoms with Gasteiger partial charge in [0.05, 0.1) is 33.8 Å². The zero-order chi connectivity index (χ0) is 23.4. The second-order valence-corrected chi connectivity index (χ2v) is 9.30. The first-order valence-electron chi connectivity index (χ1n) is 10.7. The molecule has 0 fully saturated rings. The van der Waals surface area contributed by atoms with Gasteiger partial charge in [0, 0.05) is 5.02 Å². The van der Waals surface area contributed by atoms with E-state index in [0.717, 1.165) is 21.5 Å². The van der Waals surface area contributed by atoms with Crippen LogP contribution in [0.2, 0.25) is 5.02 Å². The molecule has 8 heteroatoms. The van der Waals surface area contributed by atoms with Crippen LogP contribution in [0.1, 0.15) is 34.6 Å². The molecule has 168 valence electrons. The molecule has 1 amide bonds. The number of halogens is 1. The van der Waals surface area contributed by atoms with Gasteiger partial charge >= 0.3 is 0 Å². The molecule has 34 heavy (non-hydrogen) atoms. The largest absolute Gasteiger partial charge is 0.494 e. The lowest BCUT2D eigenvalue weighted by Crippen LogP contribution is -2.29. The quantitative estimate of drug-likeness (QED) is 0.301. The van der Waals surface area contributed by atoms with Crippen LogP contribution < -0.4 is 15.1 Å². The van der Waals surface area contributed by atoms with E-state index in [2.05, 4.69) is 0 Å². The van der Waals surface area contributed by atoms with E-state index in [1.807, 2.05) is 37.3 Å². The number of amides is 1. The van der Waals surface area contributed by atoms with Crippen LogP contribution in [-0.2, 0) is 0 Å². The number of anilines is 1. The van der Waals surface area contributed by atoms with Crippen LogP contribution >= 0.6 is 22.9 Å². The second-order valence-electron chi connectivity index (χ2n) is 7.86. The molecule has 1 unspecified atom stereocenters. The number of thiazole rings is 1. The molecule has 3 aromatic carbocycles. The Bertz CT molecular complexity index is 1640. The van der Waals surface area contributed by atoms with Crippen LogP contribution in [0.15, 0.2) is 75.9 Å². The highest BCUT2D eigenvalue weighted by atomic mass is 35.5. The van der Waals surface area contributed by atoms with Crippen LogP contribution in [-0.4, -0.2) is 17.5 Å². The predicted octanol–water partition coefficient (Wildman–Crippen LogP) is 6.20. The van der Waals surface area contributed by atoms with Gasteiger partial charge in [0.1, 0.15) is 11.3 Å². The highest BCUT2D eigenvalue weighted by Gasteiger charge is 2.45. The van der Waals surface area contributed by atoms with Crippen LogP contribution in [0.3, 0.4) is 0 Å². The summed E-state index contributed by atoms with van der Waals surface area (Å²) in [6.45, 7) is 2.48. The Balaban J connectivity index is 1.58. The van der Waals surface area contributed by atoms with Crippen molar-refractivity contribution in [2.45, 2.75) is 13.0 Å². The summed E-state index contributed by atoms with van der Waals surface area (Å²) in [5.41, 5.74) is 1.94. The minimum absolute atomic E-state index is 0.0397. The SMILES string of the molecule is CCOc1ccc2nc(N3C(=O)c4oc5ccccc5c(=O)c4C3c3ccc(Cl)cc3)sc2c1. The summed E-state index contributed by atoms with van der Waals surface area (Å²) < 4.78 is 12.5. The molecule has 0 N–H and O–H groups in total. The number of aromatic nitrogens is 1. The Morgan fingerprint density at radius 2 is 1.88 bits per heavy atom. The van der Waals surface area contributed by atoms with Gasteiger partial charge in [-0.25, -0.2) is 4.98 Å². The standard InChI is InChI=1S/C26H17ClN2O4S/c1-2-32-16-11-12-18-20(13-16)34-26(28-18)29-22(14-7-9-15(27)10-8-14)21-23(30)17-5-3-4-6-19(17)33-24(21)25(29)31/h3-13,22H,2H2,1H3. The van der Waals surface area contributed by atoms with Crippen molar-refractivity contribution in [3.05, 3.63) is 98.9 Å². The zero-order valence-corrected chi connectivity index (χ0v) is 19.5. The fraction of sp³-hybridized carbons (Fsp3) is 0.115. The molecular formula is C26H17ClN2O4S. The lowest BCUT2D eigenvalue weighted by atomic mass is 9.99. The van der Waals surface area contributed by atoms with E-state index in [4.69, 9.17) is 25.7 Å². The second kappa shape index (κ2) is 7.97. The smallest absolute Gasteiger partial charge is 0.297 e. The Morgan fingerprint density at radius 1 is 1.09 bits per heavy atom. The van der Waals surface area contributed by atoms with E-state index in [-0.39, 0.29) is 11.2 Å². The molecule has 1 atom stereocenters. The minimum Gasteiger partial charge on any atom is -0.494 e. The number of carbonyl (C=O) groups excluding carboxylic acids is 1. The fourth-order valence-corrected chi connectivity index (χ4v) is 5.48. The van der Waals surface area contributed by atoms with Gasteiger partial charge in [0.15, 0.2) is 10.6 Å². The van der Waals surface area contributed by atoms with Gasteiger partial charge in [-0.05, 0) is 55.0 Å². The number of rotatable bonds is 4. The minimum atomic E-state index is -0.687. The normalized spacial score (nSPS) is 15.3. The van der Waals surface area contributed by atoms with Gasteiger partial charge in [-0.2, -0.15) is 0 Å². The monoisotopic (exact) mass is 488 g/mol. The van der Waals surface area contributed by atoms with Crippen molar-refractivity contribution in [3.63, 3.8) is 0 Å². The van der Waals surface area contributed by atoms with E-state index in [1.54, 1.807) is 41.3 Å². The summed E-state index contributed by atoms with van der Waals surface area (Å²) in [5.74, 6) is 0.374. The third-order valence-electron chi connectivity index (χ3n) is 5.83. The number of benzene rings is 3. The Kier molecular flexibility index (Phi) is 4.90. The van der Waals surface area contributed by atoms with E-state index in [1.165, 1.54) is 11.3 Å². The van der Waals surface area contributed by atoms with Crippen molar-refractivity contribution in [2.24, 2.45) is 0 Å². The average molecular weight is 489 g/mol. The third-order valence-corrected chi connectivity index (χ3v) is 7.10. The van der Waals surface area contributed by atoms with Gasteiger partial charge < -0.3 is 9.15 Å². The van der Waals surface area contributed by atoms with Crippen molar-refractivity contribution < 1.29 is 13.9 Å². The van der Waals surface area contributed by atoms with Gasteiger partial charge in [-0.15, -0.1) is 0 Å². The molecule has 5 aromatic rings. The van der Waals surface area contributed by atoms with E-state index >= 15 is 0 Å². The number of nitrogens with zero attached hydrogens (tertiary/aromatic N) is 2. The molecule has 6 nitrogen and oxygen atoms in total. The van der Waals surface area contributed by atoms with Crippen molar-refractivity contribution >= 4 is 55.2 Å². The molecule has 0 spiro atoms. The Labute approximate surface area is 203 Å². The topological polar surface area (TPSA) is 72.6 Å². The van der Waals surface area contributed by atoms with Gasteiger partial charge in [0.25, 0.3) is 5.91 Å². The van der Waals surface area contributed by atoms with Gasteiger partial charge in [0.2, 0.25) is 5.76 Å². The predicted molar refractivity (Wildman–Crippen MR) is 133 cm³/mol. The zero-order valence-electron chi connectivity index (χ0n) is 17.9. The van der Waals surface area contributed by atoms with Crippen LogP contribution in [0.25, 0.3) is 21.2 Å². The van der Waals surface area contributed by atoms with Gasteiger partial charge in [-0.1, -0.05) is 47.2 Å². The van der Waals surface area contributed by atoms with Crippen molar-refractivity contribution in [1.29, 1.82) is 0 Å². The molecule has 3 heterocycles. The molecule has 0 saturated heterocycles. The first-order valence-corrected chi connectivity index (χ1v) is 11.9. The molecular weight excluding hydrogens is 472 g/mol. The van der Waals surface area contributed by atoms with Crippen molar-refractivity contribution in [2.75, 3.05) is 11.5 Å². The average Bonchev–Trinajstić information content (AvgIpc) is 3.38. The maximum absolute atomic E-state index is 13.7.